The summed E-state index contributed by atoms with van der Waals surface area (Å²) in [6, 6.07) is 0. The summed E-state index contributed by atoms with van der Waals surface area (Å²) in [5, 5.41) is 3.20. The van der Waals surface area contributed by atoms with Gasteiger partial charge in [-0.1, -0.05) is 6.08 Å². The monoisotopic (exact) mass is 151 g/mol. The molecule has 0 radical (unpaired) electrons. The summed E-state index contributed by atoms with van der Waals surface area (Å²) in [4.78, 5) is 4.00. The molecule has 0 fully saturated rings. The highest BCUT2D eigenvalue weighted by Gasteiger charge is 1.94. The fourth-order valence-electron chi connectivity index (χ4n) is 0.857. The predicted octanol–water partition coefficient (Wildman–Crippen LogP) is 0.696. The van der Waals surface area contributed by atoms with Gasteiger partial charge in [0.25, 0.3) is 0 Å². The van der Waals surface area contributed by atoms with E-state index < -0.39 is 0 Å². The Morgan fingerprint density at radius 1 is 1.82 bits per heavy atom. The minimum Gasteiger partial charge on any atom is -0.337 e. The highest BCUT2D eigenvalue weighted by Crippen LogP contribution is 1.93. The first-order valence-corrected chi connectivity index (χ1v) is 3.61. The normalized spacial score (nSPS) is 9.91. The summed E-state index contributed by atoms with van der Waals surface area (Å²) in [7, 11) is 1.98. The maximum absolute atomic E-state index is 4.00. The minimum absolute atomic E-state index is 0.838. The number of hydrogen-bond donors (Lipinski definition) is 1. The number of aryl methyl sites for hydroxylation is 1. The van der Waals surface area contributed by atoms with Crippen LogP contribution in [0.25, 0.3) is 0 Å². The standard InChI is InChI=1S/C8H13N3/c1-3-4-9-5-8-6-10-7-11(8)2/h3,6-7,9H,1,4-5H2,2H3. The molecule has 60 valence electrons. The van der Waals surface area contributed by atoms with Crippen LogP contribution in [0.15, 0.2) is 25.2 Å². The quantitative estimate of drug-likeness (QED) is 0.507. The molecule has 0 unspecified atom stereocenters. The number of nitrogens with one attached hydrogen (secondary N) is 1. The second kappa shape index (κ2) is 3.93. The average Bonchev–Trinajstić information content (AvgIpc) is 2.37. The molecular formula is C8H13N3. The van der Waals surface area contributed by atoms with Gasteiger partial charge in [-0.05, 0) is 0 Å². The lowest BCUT2D eigenvalue weighted by Crippen LogP contribution is -2.14. The van der Waals surface area contributed by atoms with Gasteiger partial charge < -0.3 is 9.88 Å². The van der Waals surface area contributed by atoms with E-state index in [1.165, 1.54) is 5.69 Å². The maximum Gasteiger partial charge on any atom is 0.0945 e. The van der Waals surface area contributed by atoms with Crippen LogP contribution >= 0.6 is 0 Å². The SMILES string of the molecule is C=CCNCc1cncn1C. The molecule has 0 aliphatic heterocycles. The van der Waals surface area contributed by atoms with E-state index in [1.54, 1.807) is 6.33 Å². The summed E-state index contributed by atoms with van der Waals surface area (Å²) in [6.45, 7) is 5.31. The number of rotatable bonds is 4. The van der Waals surface area contributed by atoms with Crippen LogP contribution in [0.3, 0.4) is 0 Å². The van der Waals surface area contributed by atoms with Crippen molar-refractivity contribution in [2.24, 2.45) is 7.05 Å². The van der Waals surface area contributed by atoms with Gasteiger partial charge in [0.1, 0.15) is 0 Å². The topological polar surface area (TPSA) is 29.9 Å². The van der Waals surface area contributed by atoms with Crippen molar-refractivity contribution in [1.82, 2.24) is 14.9 Å². The highest BCUT2D eigenvalue weighted by atomic mass is 15.0. The summed E-state index contributed by atoms with van der Waals surface area (Å²) in [5.41, 5.74) is 1.19. The minimum atomic E-state index is 0.838. The Morgan fingerprint density at radius 3 is 3.18 bits per heavy atom. The molecule has 1 aromatic heterocycles. The Morgan fingerprint density at radius 2 is 2.64 bits per heavy atom. The average molecular weight is 151 g/mol. The molecule has 0 aliphatic carbocycles. The smallest absolute Gasteiger partial charge is 0.0945 e. The number of imidazole rings is 1. The second-order valence-corrected chi connectivity index (χ2v) is 2.42. The molecule has 3 heteroatoms. The molecule has 0 bridgehead atoms. The Labute approximate surface area is 66.8 Å². The van der Waals surface area contributed by atoms with E-state index in [1.807, 2.05) is 23.9 Å². The zero-order valence-corrected chi connectivity index (χ0v) is 6.75. The summed E-state index contributed by atoms with van der Waals surface area (Å²) >= 11 is 0. The molecule has 0 saturated carbocycles. The predicted molar refractivity (Wildman–Crippen MR) is 45.1 cm³/mol. The molecule has 11 heavy (non-hydrogen) atoms. The van der Waals surface area contributed by atoms with Crippen molar-refractivity contribution in [2.45, 2.75) is 6.54 Å². The first-order chi connectivity index (χ1) is 5.34. The molecule has 0 aromatic carbocycles. The van der Waals surface area contributed by atoms with E-state index in [9.17, 15) is 0 Å². The molecular weight excluding hydrogens is 138 g/mol. The first kappa shape index (κ1) is 8.01. The largest absolute Gasteiger partial charge is 0.337 e. The van der Waals surface area contributed by atoms with Crippen molar-refractivity contribution in [3.05, 3.63) is 30.9 Å². The van der Waals surface area contributed by atoms with Crippen LogP contribution in [-0.4, -0.2) is 16.1 Å². The van der Waals surface area contributed by atoms with E-state index in [2.05, 4.69) is 16.9 Å². The van der Waals surface area contributed by atoms with Crippen molar-refractivity contribution in [3.63, 3.8) is 0 Å². The van der Waals surface area contributed by atoms with Gasteiger partial charge in [0, 0.05) is 26.3 Å². The van der Waals surface area contributed by atoms with E-state index >= 15 is 0 Å². The number of hydrogen-bond acceptors (Lipinski definition) is 2. The van der Waals surface area contributed by atoms with Crippen LogP contribution in [0.2, 0.25) is 0 Å². The van der Waals surface area contributed by atoms with Gasteiger partial charge in [-0.2, -0.15) is 0 Å². The zero-order chi connectivity index (χ0) is 8.10. The third kappa shape index (κ3) is 2.20. The third-order valence-electron chi connectivity index (χ3n) is 1.51. The van der Waals surface area contributed by atoms with Crippen molar-refractivity contribution < 1.29 is 0 Å². The van der Waals surface area contributed by atoms with E-state index in [0.29, 0.717) is 0 Å². The Bertz CT molecular complexity index is 227. The van der Waals surface area contributed by atoms with Gasteiger partial charge in [0.2, 0.25) is 0 Å². The van der Waals surface area contributed by atoms with E-state index in [-0.39, 0.29) is 0 Å². The Kier molecular flexibility index (Phi) is 2.86. The molecule has 0 atom stereocenters. The van der Waals surface area contributed by atoms with E-state index in [4.69, 9.17) is 0 Å². The Hall–Kier alpha value is -1.09. The van der Waals surface area contributed by atoms with Gasteiger partial charge in [-0.15, -0.1) is 6.58 Å². The van der Waals surface area contributed by atoms with Gasteiger partial charge in [-0.3, -0.25) is 0 Å². The zero-order valence-electron chi connectivity index (χ0n) is 6.75. The fraction of sp³-hybridized carbons (Fsp3) is 0.375. The molecule has 1 aromatic rings. The van der Waals surface area contributed by atoms with Crippen LogP contribution in [0.5, 0.6) is 0 Å². The molecule has 0 saturated heterocycles. The molecule has 0 spiro atoms. The first-order valence-electron chi connectivity index (χ1n) is 3.61. The summed E-state index contributed by atoms with van der Waals surface area (Å²) in [6.07, 6.45) is 5.50. The van der Waals surface area contributed by atoms with Crippen LogP contribution < -0.4 is 5.32 Å². The fourth-order valence-corrected chi connectivity index (χ4v) is 0.857. The lowest BCUT2D eigenvalue weighted by atomic mass is 10.4. The van der Waals surface area contributed by atoms with E-state index in [0.717, 1.165) is 13.1 Å². The van der Waals surface area contributed by atoms with Gasteiger partial charge in [0.05, 0.1) is 12.0 Å². The number of nitrogens with zero attached hydrogens (tertiary/aromatic N) is 2. The van der Waals surface area contributed by atoms with Crippen LogP contribution in [0.4, 0.5) is 0 Å². The second-order valence-electron chi connectivity index (χ2n) is 2.42. The lowest BCUT2D eigenvalue weighted by molar-refractivity contribution is 0.701. The molecule has 1 heterocycles. The van der Waals surface area contributed by atoms with Gasteiger partial charge >= 0.3 is 0 Å². The molecule has 1 rings (SSSR count). The Balaban J connectivity index is 2.38. The van der Waals surface area contributed by atoms with Crippen molar-refractivity contribution in [2.75, 3.05) is 6.54 Å². The molecule has 3 nitrogen and oxygen atoms in total. The maximum atomic E-state index is 4.00. The van der Waals surface area contributed by atoms with Crippen molar-refractivity contribution >= 4 is 0 Å². The van der Waals surface area contributed by atoms with Crippen LogP contribution in [0, 0.1) is 0 Å². The highest BCUT2D eigenvalue weighted by molar-refractivity contribution is 4.96. The lowest BCUT2D eigenvalue weighted by Gasteiger charge is -2.01. The molecule has 1 N–H and O–H groups in total. The van der Waals surface area contributed by atoms with Crippen LogP contribution in [0.1, 0.15) is 5.69 Å². The van der Waals surface area contributed by atoms with Crippen molar-refractivity contribution in [3.8, 4) is 0 Å². The molecule has 0 amide bonds. The molecule has 0 aliphatic rings. The summed E-state index contributed by atoms with van der Waals surface area (Å²) < 4.78 is 2.00. The van der Waals surface area contributed by atoms with Crippen molar-refractivity contribution in [1.29, 1.82) is 0 Å². The van der Waals surface area contributed by atoms with Gasteiger partial charge in [0.15, 0.2) is 0 Å². The third-order valence-corrected chi connectivity index (χ3v) is 1.51. The summed E-state index contributed by atoms with van der Waals surface area (Å²) in [5.74, 6) is 0. The number of aromatic nitrogens is 2. The van der Waals surface area contributed by atoms with Gasteiger partial charge in [-0.25, -0.2) is 4.98 Å². The van der Waals surface area contributed by atoms with Crippen LogP contribution in [-0.2, 0) is 13.6 Å².